The van der Waals surface area contributed by atoms with Crippen LogP contribution >= 0.6 is 0 Å². The number of allylic oxidation sites excluding steroid dienone is 2. The minimum absolute atomic E-state index is 0.0388. The second-order valence-corrected chi connectivity index (χ2v) is 17.2. The van der Waals surface area contributed by atoms with Crippen LogP contribution in [-0.2, 0) is 18.8 Å². The number of nitrogens with one attached hydrogen (secondary N) is 1. The number of fused-ring (bicyclic) bond motifs is 5. The van der Waals surface area contributed by atoms with E-state index in [0.717, 1.165) is 24.0 Å². The van der Waals surface area contributed by atoms with Crippen molar-refractivity contribution in [3.8, 4) is 0 Å². The second kappa shape index (κ2) is 8.41. The van der Waals surface area contributed by atoms with Gasteiger partial charge in [0.05, 0.1) is 24.1 Å². The van der Waals surface area contributed by atoms with Crippen molar-refractivity contribution in [2.75, 3.05) is 6.61 Å². The summed E-state index contributed by atoms with van der Waals surface area (Å²) in [5, 5.41) is 0.0662. The fraction of sp³-hybridized carbons (Fsp3) is 0.607. The first-order chi connectivity index (χ1) is 16.4. The monoisotopic (exact) mass is 495 g/mol. The van der Waals surface area contributed by atoms with Crippen molar-refractivity contribution < 1.29 is 23.5 Å². The number of ketones is 1. The number of esters is 2. The van der Waals surface area contributed by atoms with E-state index in [9.17, 15) is 14.4 Å². The molecule has 0 spiro atoms. The normalized spacial score (nSPS) is 32.9. The number of hydrogen-bond acceptors (Lipinski definition) is 5. The number of carbonyl (C=O) groups excluding carboxylic acids is 3. The summed E-state index contributed by atoms with van der Waals surface area (Å²) in [4.78, 5) is 41.8. The topological polar surface area (TPSA) is 85.5 Å². The molecule has 1 aromatic rings. The molecule has 188 valence electrons. The zero-order valence-corrected chi connectivity index (χ0v) is 22.5. The first kappa shape index (κ1) is 24.4. The smallest absolute Gasteiger partial charge is 0.318 e. The van der Waals surface area contributed by atoms with Crippen molar-refractivity contribution >= 4 is 26.0 Å². The van der Waals surface area contributed by atoms with Crippen molar-refractivity contribution in [3.63, 3.8) is 0 Å². The molecule has 35 heavy (non-hydrogen) atoms. The van der Waals surface area contributed by atoms with Crippen molar-refractivity contribution in [2.45, 2.75) is 64.6 Å². The molecule has 1 aliphatic heterocycles. The highest BCUT2D eigenvalue weighted by Crippen LogP contribution is 2.59. The Balaban J connectivity index is 1.53. The lowest BCUT2D eigenvalue weighted by atomic mass is 9.58. The van der Waals surface area contributed by atoms with E-state index in [-0.39, 0.29) is 40.5 Å². The van der Waals surface area contributed by atoms with Crippen molar-refractivity contribution in [1.29, 1.82) is 0 Å². The van der Waals surface area contributed by atoms with Gasteiger partial charge in [0.15, 0.2) is 14.1 Å². The van der Waals surface area contributed by atoms with Crippen molar-refractivity contribution in [2.24, 2.45) is 35.5 Å². The Kier molecular flexibility index (Phi) is 5.87. The molecule has 1 aromatic heterocycles. The first-order valence-electron chi connectivity index (χ1n) is 12.9. The summed E-state index contributed by atoms with van der Waals surface area (Å²) >= 11 is 0. The van der Waals surface area contributed by atoms with Gasteiger partial charge < -0.3 is 14.1 Å². The van der Waals surface area contributed by atoms with Gasteiger partial charge in [0.1, 0.15) is 0 Å². The summed E-state index contributed by atoms with van der Waals surface area (Å²) in [6.07, 6.45) is 4.58. The van der Waals surface area contributed by atoms with Gasteiger partial charge in [-0.3, -0.25) is 14.4 Å². The summed E-state index contributed by atoms with van der Waals surface area (Å²) in [7, 11) is -2.03. The molecule has 6 nitrogen and oxygen atoms in total. The molecule has 5 rings (SSSR count). The Labute approximate surface area is 208 Å². The second-order valence-electron chi connectivity index (χ2n) is 12.4. The third-order valence-corrected chi connectivity index (χ3v) is 14.0. The Morgan fingerprint density at radius 3 is 2.57 bits per heavy atom. The molecular formula is C28H37NO5Si. The minimum atomic E-state index is -2.03. The Morgan fingerprint density at radius 2 is 1.91 bits per heavy atom. The van der Waals surface area contributed by atoms with Gasteiger partial charge >= 0.3 is 11.9 Å². The highest BCUT2D eigenvalue weighted by Gasteiger charge is 2.58. The van der Waals surface area contributed by atoms with Gasteiger partial charge in [0, 0.05) is 18.0 Å². The summed E-state index contributed by atoms with van der Waals surface area (Å²) in [6.45, 7) is 16.0. The zero-order chi connectivity index (χ0) is 25.3. The predicted molar refractivity (Wildman–Crippen MR) is 135 cm³/mol. The number of aromatic amines is 1. The number of ether oxygens (including phenoxy) is 1. The van der Waals surface area contributed by atoms with E-state index in [0.29, 0.717) is 25.1 Å². The fourth-order valence-corrected chi connectivity index (χ4v) is 7.68. The Bertz CT molecular complexity index is 1110. The van der Waals surface area contributed by atoms with E-state index >= 15 is 0 Å². The van der Waals surface area contributed by atoms with Gasteiger partial charge in [0.2, 0.25) is 0 Å². The summed E-state index contributed by atoms with van der Waals surface area (Å²) < 4.78 is 11.8. The summed E-state index contributed by atoms with van der Waals surface area (Å²) in [5.74, 6) is -1.40. The predicted octanol–water partition coefficient (Wildman–Crippen LogP) is 5.45. The van der Waals surface area contributed by atoms with Crippen molar-refractivity contribution in [3.05, 3.63) is 47.3 Å². The summed E-state index contributed by atoms with van der Waals surface area (Å²) in [5.41, 5.74) is 4.08. The molecule has 0 bridgehead atoms. The average Bonchev–Trinajstić information content (AvgIpc) is 3.50. The molecule has 4 aliphatic rings. The van der Waals surface area contributed by atoms with Gasteiger partial charge in [-0.15, -0.1) is 0 Å². The SMILES string of the molecule is C=C1C[C@H](C(=O)c2ccc[nH]2)[C@H]2CC[C@H]3C(=C(CO[Si](C)(C)C(C)(C)C)C[C@H]4C(=O)OC(=O)[C@H]43)[C@@H]12. The molecule has 0 radical (unpaired) electrons. The Morgan fingerprint density at radius 1 is 1.17 bits per heavy atom. The number of rotatable bonds is 5. The molecule has 1 N–H and O–H groups in total. The maximum Gasteiger partial charge on any atom is 0.318 e. The fourth-order valence-electron chi connectivity index (χ4n) is 6.72. The van der Waals surface area contributed by atoms with E-state index in [4.69, 9.17) is 9.16 Å². The molecule has 6 atom stereocenters. The van der Waals surface area contributed by atoms with Crippen LogP contribution in [0.25, 0.3) is 0 Å². The first-order valence-corrected chi connectivity index (χ1v) is 15.8. The zero-order valence-electron chi connectivity index (χ0n) is 21.5. The standard InChI is InChI=1S/C28H37NO5Si/c1-15-12-19(25(30)21-8-7-11-29-21)17-9-10-18-23(22(15)17)16(14-33-35(5,6)28(2,3)4)13-20-24(18)27(32)34-26(20)31/h7-8,11,17-20,22,24,29H,1,9-10,12-14H2,2-6H3/t17-,18+,19+,20-,22+,24+/m1/s1. The summed E-state index contributed by atoms with van der Waals surface area (Å²) in [6, 6.07) is 3.70. The largest absolute Gasteiger partial charge is 0.413 e. The van der Waals surface area contributed by atoms with Gasteiger partial charge in [-0.05, 0) is 73.4 Å². The van der Waals surface area contributed by atoms with E-state index in [2.05, 4.69) is 45.4 Å². The molecule has 0 aromatic carbocycles. The van der Waals surface area contributed by atoms with Crippen LogP contribution in [0, 0.1) is 35.5 Å². The minimum Gasteiger partial charge on any atom is -0.413 e. The third kappa shape index (κ3) is 3.91. The van der Waals surface area contributed by atoms with Gasteiger partial charge in [-0.2, -0.15) is 0 Å². The molecular weight excluding hydrogens is 458 g/mol. The van der Waals surface area contributed by atoms with Crippen molar-refractivity contribution in [1.82, 2.24) is 4.98 Å². The van der Waals surface area contributed by atoms with Crippen LogP contribution in [0.4, 0.5) is 0 Å². The van der Waals surface area contributed by atoms with Crippen LogP contribution < -0.4 is 0 Å². The van der Waals surface area contributed by atoms with Gasteiger partial charge in [-0.1, -0.05) is 38.5 Å². The molecule has 1 saturated heterocycles. The van der Waals surface area contributed by atoms with Crippen LogP contribution in [0.1, 0.15) is 56.9 Å². The molecule has 2 heterocycles. The van der Waals surface area contributed by atoms with E-state index in [1.165, 1.54) is 5.57 Å². The maximum atomic E-state index is 13.4. The van der Waals surface area contributed by atoms with Crippen LogP contribution in [-0.4, -0.2) is 37.6 Å². The van der Waals surface area contributed by atoms with Crippen LogP contribution in [0.3, 0.4) is 0 Å². The van der Waals surface area contributed by atoms with E-state index < -0.39 is 26.1 Å². The molecule has 0 amide bonds. The quantitative estimate of drug-likeness (QED) is 0.193. The maximum absolute atomic E-state index is 13.4. The molecule has 3 aliphatic carbocycles. The highest BCUT2D eigenvalue weighted by molar-refractivity contribution is 6.74. The number of aromatic nitrogens is 1. The van der Waals surface area contributed by atoms with Gasteiger partial charge in [-0.25, -0.2) is 0 Å². The van der Waals surface area contributed by atoms with Crippen LogP contribution in [0.15, 0.2) is 41.6 Å². The lowest BCUT2D eigenvalue weighted by Gasteiger charge is -2.45. The molecule has 2 saturated carbocycles. The number of carbonyl (C=O) groups is 3. The number of Topliss-reactive ketones (excluding diaryl/α,β-unsaturated/α-hetero) is 1. The third-order valence-electron chi connectivity index (χ3n) is 9.54. The van der Waals surface area contributed by atoms with E-state index in [1.807, 2.05) is 12.1 Å². The lowest BCUT2D eigenvalue weighted by Crippen LogP contribution is -2.44. The Hall–Kier alpha value is -2.25. The highest BCUT2D eigenvalue weighted by atomic mass is 28.4. The average molecular weight is 496 g/mol. The van der Waals surface area contributed by atoms with Crippen LogP contribution in [0.2, 0.25) is 18.1 Å². The number of cyclic esters (lactones) is 2. The number of hydrogen-bond donors (Lipinski definition) is 1. The molecule has 3 fully saturated rings. The van der Waals surface area contributed by atoms with Gasteiger partial charge in [0.25, 0.3) is 0 Å². The molecule has 7 heteroatoms. The number of H-pyrrole nitrogens is 1. The lowest BCUT2D eigenvalue weighted by molar-refractivity contribution is -0.154. The molecule has 0 unspecified atom stereocenters. The van der Waals surface area contributed by atoms with E-state index in [1.54, 1.807) is 6.20 Å². The van der Waals surface area contributed by atoms with Crippen LogP contribution in [0.5, 0.6) is 0 Å².